The number of carbonyl (C=O) groups is 1. The summed E-state index contributed by atoms with van der Waals surface area (Å²) >= 11 is 5.80. The lowest BCUT2D eigenvalue weighted by molar-refractivity contribution is 0.0921. The number of ketones is 1. The van der Waals surface area contributed by atoms with Crippen LogP contribution in [0.25, 0.3) is 0 Å². The Bertz CT molecular complexity index is 514. The van der Waals surface area contributed by atoms with Crippen LogP contribution in [0.15, 0.2) is 48.8 Å². The van der Waals surface area contributed by atoms with Crippen LogP contribution >= 0.6 is 11.6 Å². The number of carbonyl (C=O) groups excluding carboxylic acids is 1. The van der Waals surface area contributed by atoms with Crippen molar-refractivity contribution in [2.24, 2.45) is 0 Å². The summed E-state index contributed by atoms with van der Waals surface area (Å²) in [7, 11) is 0. The summed E-state index contributed by atoms with van der Waals surface area (Å²) in [6.07, 6.45) is 3.15. The van der Waals surface area contributed by atoms with Crippen LogP contribution in [0.3, 0.4) is 0 Å². The molecule has 0 N–H and O–H groups in total. The minimum atomic E-state index is -0.0904. The van der Waals surface area contributed by atoms with Crippen LogP contribution in [0.5, 0.6) is 5.75 Å². The summed E-state index contributed by atoms with van der Waals surface area (Å²) < 4.78 is 5.35. The molecule has 2 aromatic rings. The Hall–Kier alpha value is -1.87. The standard InChI is InChI=1S/C13H10ClNO2/c14-11-2-1-3-12(8-11)17-9-13(16)10-4-6-15-7-5-10/h1-8H,9H2. The van der Waals surface area contributed by atoms with Gasteiger partial charge in [-0.05, 0) is 30.3 Å². The number of pyridine rings is 1. The van der Waals surface area contributed by atoms with E-state index in [1.165, 1.54) is 0 Å². The van der Waals surface area contributed by atoms with Crippen LogP contribution in [0, 0.1) is 0 Å². The molecule has 2 rings (SSSR count). The van der Waals surface area contributed by atoms with Gasteiger partial charge in [-0.15, -0.1) is 0 Å². The van der Waals surface area contributed by atoms with Crippen molar-refractivity contribution < 1.29 is 9.53 Å². The van der Waals surface area contributed by atoms with Gasteiger partial charge < -0.3 is 4.74 Å². The van der Waals surface area contributed by atoms with Crippen LogP contribution < -0.4 is 4.74 Å². The maximum absolute atomic E-state index is 11.7. The maximum atomic E-state index is 11.7. The highest BCUT2D eigenvalue weighted by molar-refractivity contribution is 6.30. The normalized spacial score (nSPS) is 9.94. The van der Waals surface area contributed by atoms with Gasteiger partial charge in [-0.2, -0.15) is 0 Å². The molecule has 0 radical (unpaired) electrons. The fourth-order valence-corrected chi connectivity index (χ4v) is 1.51. The lowest BCUT2D eigenvalue weighted by Crippen LogP contribution is -2.11. The zero-order chi connectivity index (χ0) is 12.1. The smallest absolute Gasteiger partial charge is 0.200 e. The third-order valence-corrected chi connectivity index (χ3v) is 2.40. The molecular formula is C13H10ClNO2. The summed E-state index contributed by atoms with van der Waals surface area (Å²) in [5.41, 5.74) is 0.585. The predicted molar refractivity (Wildman–Crippen MR) is 65.5 cm³/mol. The van der Waals surface area contributed by atoms with Crippen molar-refractivity contribution in [3.05, 3.63) is 59.4 Å². The van der Waals surface area contributed by atoms with Crippen molar-refractivity contribution in [1.82, 2.24) is 4.98 Å². The van der Waals surface area contributed by atoms with Crippen molar-refractivity contribution in [2.75, 3.05) is 6.61 Å². The van der Waals surface area contributed by atoms with Gasteiger partial charge in [0.1, 0.15) is 5.75 Å². The Morgan fingerprint density at radius 2 is 2.00 bits per heavy atom. The highest BCUT2D eigenvalue weighted by Crippen LogP contribution is 2.17. The molecule has 0 saturated heterocycles. The van der Waals surface area contributed by atoms with Crippen molar-refractivity contribution in [3.8, 4) is 5.75 Å². The molecule has 0 aliphatic rings. The highest BCUT2D eigenvalue weighted by atomic mass is 35.5. The second-order valence-corrected chi connectivity index (χ2v) is 3.84. The molecule has 0 atom stereocenters. The molecule has 0 saturated carbocycles. The lowest BCUT2D eigenvalue weighted by Gasteiger charge is -2.05. The SMILES string of the molecule is O=C(COc1cccc(Cl)c1)c1ccncc1. The largest absolute Gasteiger partial charge is 0.485 e. The molecule has 17 heavy (non-hydrogen) atoms. The van der Waals surface area contributed by atoms with E-state index in [2.05, 4.69) is 4.98 Å². The number of halogens is 1. The first-order valence-electron chi connectivity index (χ1n) is 5.07. The minimum absolute atomic E-state index is 0.00957. The molecule has 3 nitrogen and oxygen atoms in total. The molecule has 86 valence electrons. The molecule has 1 aromatic heterocycles. The fraction of sp³-hybridized carbons (Fsp3) is 0.0769. The number of rotatable bonds is 4. The number of benzene rings is 1. The third kappa shape index (κ3) is 3.29. The van der Waals surface area contributed by atoms with E-state index in [1.807, 2.05) is 0 Å². The molecular weight excluding hydrogens is 238 g/mol. The fourth-order valence-electron chi connectivity index (χ4n) is 1.33. The van der Waals surface area contributed by atoms with Crippen molar-refractivity contribution >= 4 is 17.4 Å². The minimum Gasteiger partial charge on any atom is -0.485 e. The van der Waals surface area contributed by atoms with Gasteiger partial charge in [0, 0.05) is 23.0 Å². The van der Waals surface area contributed by atoms with E-state index < -0.39 is 0 Å². The topological polar surface area (TPSA) is 39.2 Å². The molecule has 0 amide bonds. The van der Waals surface area contributed by atoms with E-state index in [0.29, 0.717) is 16.3 Å². The van der Waals surface area contributed by atoms with Crippen LogP contribution in [0.1, 0.15) is 10.4 Å². The second-order valence-electron chi connectivity index (χ2n) is 3.41. The Morgan fingerprint density at radius 3 is 2.71 bits per heavy atom. The quantitative estimate of drug-likeness (QED) is 0.780. The highest BCUT2D eigenvalue weighted by Gasteiger charge is 2.06. The molecule has 1 aromatic carbocycles. The van der Waals surface area contributed by atoms with Crippen LogP contribution in [-0.4, -0.2) is 17.4 Å². The Labute approximate surface area is 104 Å². The zero-order valence-electron chi connectivity index (χ0n) is 8.97. The first-order valence-corrected chi connectivity index (χ1v) is 5.45. The third-order valence-electron chi connectivity index (χ3n) is 2.17. The van der Waals surface area contributed by atoms with Gasteiger partial charge in [0.25, 0.3) is 0 Å². The molecule has 4 heteroatoms. The van der Waals surface area contributed by atoms with E-state index in [1.54, 1.807) is 48.8 Å². The molecule has 0 spiro atoms. The molecule has 0 fully saturated rings. The van der Waals surface area contributed by atoms with Crippen LogP contribution in [0.2, 0.25) is 5.02 Å². The van der Waals surface area contributed by atoms with Gasteiger partial charge in [0.05, 0.1) is 0 Å². The average molecular weight is 248 g/mol. The van der Waals surface area contributed by atoms with Crippen molar-refractivity contribution in [1.29, 1.82) is 0 Å². The van der Waals surface area contributed by atoms with E-state index in [0.717, 1.165) is 0 Å². The van der Waals surface area contributed by atoms with E-state index >= 15 is 0 Å². The zero-order valence-corrected chi connectivity index (χ0v) is 9.72. The second kappa shape index (κ2) is 5.46. The van der Waals surface area contributed by atoms with E-state index in [-0.39, 0.29) is 12.4 Å². The number of hydrogen-bond acceptors (Lipinski definition) is 3. The van der Waals surface area contributed by atoms with Crippen LogP contribution in [-0.2, 0) is 0 Å². The van der Waals surface area contributed by atoms with Gasteiger partial charge in [-0.25, -0.2) is 0 Å². The van der Waals surface area contributed by atoms with Gasteiger partial charge >= 0.3 is 0 Å². The van der Waals surface area contributed by atoms with Crippen molar-refractivity contribution in [2.45, 2.75) is 0 Å². The van der Waals surface area contributed by atoms with Gasteiger partial charge in [0.2, 0.25) is 0 Å². The van der Waals surface area contributed by atoms with E-state index in [9.17, 15) is 4.79 Å². The molecule has 0 bridgehead atoms. The van der Waals surface area contributed by atoms with Gasteiger partial charge in [0.15, 0.2) is 12.4 Å². The molecule has 0 aliphatic carbocycles. The monoisotopic (exact) mass is 247 g/mol. The Kier molecular flexibility index (Phi) is 3.73. The number of nitrogens with zero attached hydrogens (tertiary/aromatic N) is 1. The molecule has 0 aliphatic heterocycles. The summed E-state index contributed by atoms with van der Waals surface area (Å²) in [6.45, 7) is -0.00957. The molecule has 0 unspecified atom stereocenters. The van der Waals surface area contributed by atoms with Gasteiger partial charge in [-0.3, -0.25) is 9.78 Å². The summed E-state index contributed by atoms with van der Waals surface area (Å²) in [5.74, 6) is 0.493. The first-order chi connectivity index (χ1) is 8.25. The lowest BCUT2D eigenvalue weighted by atomic mass is 10.2. The van der Waals surface area contributed by atoms with E-state index in [4.69, 9.17) is 16.3 Å². The average Bonchev–Trinajstić information content (AvgIpc) is 2.37. The Morgan fingerprint density at radius 1 is 1.24 bits per heavy atom. The Balaban J connectivity index is 1.97. The van der Waals surface area contributed by atoms with Crippen LogP contribution in [0.4, 0.5) is 0 Å². The van der Waals surface area contributed by atoms with Crippen molar-refractivity contribution in [3.63, 3.8) is 0 Å². The predicted octanol–water partition coefficient (Wildman–Crippen LogP) is 3.00. The number of Topliss-reactive ketones (excluding diaryl/α,β-unsaturated/α-hetero) is 1. The number of ether oxygens (including phenoxy) is 1. The summed E-state index contributed by atoms with van der Waals surface area (Å²) in [5, 5.41) is 0.582. The molecule has 1 heterocycles. The number of hydrogen-bond donors (Lipinski definition) is 0. The first kappa shape index (κ1) is 11.6. The number of aromatic nitrogens is 1. The summed E-state index contributed by atoms with van der Waals surface area (Å²) in [4.78, 5) is 15.6. The summed E-state index contributed by atoms with van der Waals surface area (Å²) in [6, 6.07) is 10.3. The van der Waals surface area contributed by atoms with Gasteiger partial charge in [-0.1, -0.05) is 17.7 Å². The maximum Gasteiger partial charge on any atom is 0.200 e.